The Labute approximate surface area is 63.3 Å². The van der Waals surface area contributed by atoms with Gasteiger partial charge in [0.15, 0.2) is 0 Å². The number of hydrogen-bond acceptors (Lipinski definition) is 1. The molecule has 0 aromatic heterocycles. The first kappa shape index (κ1) is 7.51. The van der Waals surface area contributed by atoms with Crippen LogP contribution in [0.3, 0.4) is 0 Å². The van der Waals surface area contributed by atoms with Crippen LogP contribution >= 0.6 is 10.5 Å². The molecule has 0 aliphatic heterocycles. The maximum atomic E-state index is 8.74. The zero-order valence-electron chi connectivity index (χ0n) is 5.66. The first-order valence-corrected chi connectivity index (χ1v) is 4.57. The fraction of sp³-hybridized carbons (Fsp3) is 0.125. The van der Waals surface area contributed by atoms with Crippen molar-refractivity contribution in [3.8, 4) is 0 Å². The molecule has 1 atom stereocenters. The van der Waals surface area contributed by atoms with Gasteiger partial charge in [-0.15, -0.1) is 10.5 Å². The van der Waals surface area contributed by atoms with Crippen molar-refractivity contribution in [1.29, 1.82) is 0 Å². The van der Waals surface area contributed by atoms with Crippen LogP contribution in [0.15, 0.2) is 35.2 Å². The molecule has 1 aromatic rings. The summed E-state index contributed by atoms with van der Waals surface area (Å²) in [5, 5.41) is 8.74. The lowest BCUT2D eigenvalue weighted by atomic mass is 10.4. The molecule has 1 nitrogen and oxygen atoms in total. The maximum absolute atomic E-state index is 8.74. The van der Waals surface area contributed by atoms with Gasteiger partial charge < -0.3 is 5.11 Å². The molecular formula is C8H10OS. The smallest absolute Gasteiger partial charge is 0.0874 e. The molecule has 1 aromatic carbocycles. The third kappa shape index (κ3) is 1.69. The Morgan fingerprint density at radius 3 is 2.40 bits per heavy atom. The quantitative estimate of drug-likeness (QED) is 0.643. The molecule has 54 valence electrons. The van der Waals surface area contributed by atoms with E-state index in [-0.39, 0.29) is 16.4 Å². The first-order valence-electron chi connectivity index (χ1n) is 3.01. The average Bonchev–Trinajstić information content (AvgIpc) is 2.05. The van der Waals surface area contributed by atoms with E-state index in [1.54, 1.807) is 0 Å². The van der Waals surface area contributed by atoms with Crippen molar-refractivity contribution in [2.45, 2.75) is 4.90 Å². The predicted molar refractivity (Wildman–Crippen MR) is 46.5 cm³/mol. The highest BCUT2D eigenvalue weighted by atomic mass is 32.2. The number of rotatable bonds is 2. The molecule has 1 unspecified atom stereocenters. The minimum Gasteiger partial charge on any atom is -0.386 e. The fourth-order valence-corrected chi connectivity index (χ4v) is 1.38. The third-order valence-corrected chi connectivity index (χ3v) is 2.48. The molecule has 0 radical (unpaired) electrons. The standard InChI is InChI=1S/C8H10OS/c1-10(7-9)8-5-3-2-4-6-8/h2-6,9H,1,7H2. The lowest BCUT2D eigenvalue weighted by molar-refractivity contribution is 0.375. The number of benzene rings is 1. The lowest BCUT2D eigenvalue weighted by Crippen LogP contribution is -1.78. The Bertz CT molecular complexity index is 218. The molecule has 0 aliphatic rings. The second-order valence-electron chi connectivity index (χ2n) is 1.93. The molecule has 0 heterocycles. The van der Waals surface area contributed by atoms with Crippen molar-refractivity contribution in [2.24, 2.45) is 0 Å². The molecule has 0 saturated carbocycles. The topological polar surface area (TPSA) is 20.2 Å². The third-order valence-electron chi connectivity index (χ3n) is 1.23. The van der Waals surface area contributed by atoms with Gasteiger partial charge in [-0.3, -0.25) is 0 Å². The van der Waals surface area contributed by atoms with Crippen molar-refractivity contribution in [3.63, 3.8) is 0 Å². The highest BCUT2D eigenvalue weighted by Crippen LogP contribution is 2.21. The molecule has 0 amide bonds. The summed E-state index contributed by atoms with van der Waals surface area (Å²) in [5.74, 6) is 3.95. The van der Waals surface area contributed by atoms with E-state index >= 15 is 0 Å². The maximum Gasteiger partial charge on any atom is 0.0874 e. The van der Waals surface area contributed by atoms with Crippen molar-refractivity contribution in [3.05, 3.63) is 30.3 Å². The van der Waals surface area contributed by atoms with Gasteiger partial charge in [0.2, 0.25) is 0 Å². The minimum absolute atomic E-state index is 0.143. The highest BCUT2D eigenvalue weighted by molar-refractivity contribution is 8.14. The van der Waals surface area contributed by atoms with E-state index in [0.29, 0.717) is 0 Å². The van der Waals surface area contributed by atoms with Gasteiger partial charge in [0.25, 0.3) is 0 Å². The van der Waals surface area contributed by atoms with Gasteiger partial charge >= 0.3 is 0 Å². The van der Waals surface area contributed by atoms with Crippen molar-refractivity contribution in [2.75, 3.05) is 5.94 Å². The van der Waals surface area contributed by atoms with Gasteiger partial charge in [0, 0.05) is 4.90 Å². The van der Waals surface area contributed by atoms with E-state index in [2.05, 4.69) is 5.87 Å². The molecular weight excluding hydrogens is 144 g/mol. The van der Waals surface area contributed by atoms with E-state index in [1.807, 2.05) is 30.3 Å². The molecule has 0 saturated heterocycles. The molecule has 0 aliphatic carbocycles. The Kier molecular flexibility index (Phi) is 2.66. The average molecular weight is 154 g/mol. The molecule has 0 bridgehead atoms. The molecule has 2 heteroatoms. The Morgan fingerprint density at radius 2 is 1.90 bits per heavy atom. The fourth-order valence-electron chi connectivity index (χ4n) is 0.687. The number of hydrogen-bond donors (Lipinski definition) is 1. The SMILES string of the molecule is C=S(CO)c1ccccc1. The highest BCUT2D eigenvalue weighted by Gasteiger charge is 1.90. The van der Waals surface area contributed by atoms with E-state index in [9.17, 15) is 0 Å². The van der Waals surface area contributed by atoms with Crippen LogP contribution in [0.25, 0.3) is 0 Å². The van der Waals surface area contributed by atoms with E-state index in [4.69, 9.17) is 5.11 Å². The van der Waals surface area contributed by atoms with Gasteiger partial charge in [-0.25, -0.2) is 0 Å². The van der Waals surface area contributed by atoms with Crippen LogP contribution in [0.5, 0.6) is 0 Å². The van der Waals surface area contributed by atoms with Crippen LogP contribution < -0.4 is 0 Å². The van der Waals surface area contributed by atoms with Gasteiger partial charge in [0.05, 0.1) is 5.94 Å². The summed E-state index contributed by atoms with van der Waals surface area (Å²) in [6.07, 6.45) is 0. The van der Waals surface area contributed by atoms with Crippen LogP contribution in [0.4, 0.5) is 0 Å². The van der Waals surface area contributed by atoms with Crippen LogP contribution in [0.1, 0.15) is 0 Å². The summed E-state index contributed by atoms with van der Waals surface area (Å²) in [5.41, 5.74) is 0. The zero-order chi connectivity index (χ0) is 7.40. The summed E-state index contributed by atoms with van der Waals surface area (Å²) in [6, 6.07) is 9.82. The molecule has 0 fully saturated rings. The van der Waals surface area contributed by atoms with Crippen molar-refractivity contribution in [1.82, 2.24) is 0 Å². The second-order valence-corrected chi connectivity index (χ2v) is 3.65. The molecule has 1 rings (SSSR count). The summed E-state index contributed by atoms with van der Waals surface area (Å²) in [7, 11) is -0.235. The summed E-state index contributed by atoms with van der Waals surface area (Å²) in [6.45, 7) is 0. The van der Waals surface area contributed by atoms with Crippen LogP contribution in [0.2, 0.25) is 0 Å². The van der Waals surface area contributed by atoms with Crippen molar-refractivity contribution >= 4 is 16.4 Å². The molecule has 1 N–H and O–H groups in total. The first-order chi connectivity index (χ1) is 4.84. The number of aliphatic hydroxyl groups is 1. The van der Waals surface area contributed by atoms with Crippen LogP contribution in [-0.2, 0) is 0 Å². The van der Waals surface area contributed by atoms with Gasteiger partial charge in [0.1, 0.15) is 0 Å². The normalized spacial score (nSPS) is 12.9. The lowest BCUT2D eigenvalue weighted by Gasteiger charge is -2.00. The Hall–Kier alpha value is -0.600. The monoisotopic (exact) mass is 154 g/mol. The van der Waals surface area contributed by atoms with Crippen molar-refractivity contribution < 1.29 is 5.11 Å². The minimum atomic E-state index is -0.235. The summed E-state index contributed by atoms with van der Waals surface area (Å²) < 4.78 is 0. The van der Waals surface area contributed by atoms with Crippen LogP contribution in [0, 0.1) is 0 Å². The number of aliphatic hydroxyl groups excluding tert-OH is 1. The van der Waals surface area contributed by atoms with Gasteiger partial charge in [-0.05, 0) is 12.1 Å². The second kappa shape index (κ2) is 3.54. The summed E-state index contributed by atoms with van der Waals surface area (Å²) in [4.78, 5) is 1.12. The molecule has 0 spiro atoms. The largest absolute Gasteiger partial charge is 0.386 e. The Balaban J connectivity index is 2.85. The van der Waals surface area contributed by atoms with Crippen LogP contribution in [-0.4, -0.2) is 16.9 Å². The van der Waals surface area contributed by atoms with E-state index < -0.39 is 0 Å². The molecule has 10 heavy (non-hydrogen) atoms. The van der Waals surface area contributed by atoms with E-state index in [1.165, 1.54) is 0 Å². The van der Waals surface area contributed by atoms with Gasteiger partial charge in [-0.2, -0.15) is 0 Å². The van der Waals surface area contributed by atoms with E-state index in [0.717, 1.165) is 4.90 Å². The van der Waals surface area contributed by atoms with Gasteiger partial charge in [-0.1, -0.05) is 24.1 Å². The Morgan fingerprint density at radius 1 is 1.30 bits per heavy atom. The predicted octanol–water partition coefficient (Wildman–Crippen LogP) is 1.70. The zero-order valence-corrected chi connectivity index (χ0v) is 6.47. The summed E-state index contributed by atoms with van der Waals surface area (Å²) >= 11 is 0.